The molecule has 2 nitrogen and oxygen atoms in total. The van der Waals surface area contributed by atoms with Crippen LogP contribution in [-0.4, -0.2) is 12.6 Å². The third-order valence-corrected chi connectivity index (χ3v) is 2.41. The van der Waals surface area contributed by atoms with Crippen LogP contribution in [0.1, 0.15) is 31.4 Å². The molecular formula is C13H16F2O2. The lowest BCUT2D eigenvalue weighted by Gasteiger charge is -2.18. The molecule has 0 saturated carbocycles. The van der Waals surface area contributed by atoms with Gasteiger partial charge in [0.25, 0.3) is 0 Å². The summed E-state index contributed by atoms with van der Waals surface area (Å²) in [5, 5.41) is 0. The van der Waals surface area contributed by atoms with Crippen molar-refractivity contribution in [3.05, 3.63) is 35.4 Å². The molecule has 1 rings (SSSR count). The van der Waals surface area contributed by atoms with E-state index >= 15 is 0 Å². The summed E-state index contributed by atoms with van der Waals surface area (Å²) in [7, 11) is 0. The Balaban J connectivity index is 3.08. The molecule has 0 spiro atoms. The molecule has 0 aliphatic carbocycles. The van der Waals surface area contributed by atoms with Gasteiger partial charge >= 0.3 is 11.9 Å². The van der Waals surface area contributed by atoms with Gasteiger partial charge < -0.3 is 4.74 Å². The predicted molar refractivity (Wildman–Crippen MR) is 61.0 cm³/mol. The molecule has 0 fully saturated rings. The van der Waals surface area contributed by atoms with E-state index in [-0.39, 0.29) is 12.2 Å². The Bertz CT molecular complexity index is 389. The fraction of sp³-hybridized carbons (Fsp3) is 0.462. The summed E-state index contributed by atoms with van der Waals surface area (Å²) in [6, 6.07) is 6.09. The first kappa shape index (κ1) is 13.6. The average Bonchev–Trinajstić information content (AvgIpc) is 2.30. The molecule has 0 aromatic heterocycles. The van der Waals surface area contributed by atoms with Crippen molar-refractivity contribution < 1.29 is 18.3 Å². The number of halogens is 2. The number of hydrogen-bond donors (Lipinski definition) is 0. The lowest BCUT2D eigenvalue weighted by Crippen LogP contribution is -2.29. The number of hydrogen-bond acceptors (Lipinski definition) is 2. The van der Waals surface area contributed by atoms with E-state index in [4.69, 9.17) is 0 Å². The Labute approximate surface area is 99.6 Å². The zero-order valence-corrected chi connectivity index (χ0v) is 10.0. The highest BCUT2D eigenvalue weighted by Crippen LogP contribution is 2.32. The fourth-order valence-electron chi connectivity index (χ4n) is 1.65. The summed E-state index contributed by atoms with van der Waals surface area (Å²) in [5.41, 5.74) is 0.244. The second-order valence-corrected chi connectivity index (χ2v) is 3.70. The lowest BCUT2D eigenvalue weighted by molar-refractivity contribution is -0.173. The van der Waals surface area contributed by atoms with Gasteiger partial charge in [-0.2, -0.15) is 8.78 Å². The highest BCUT2D eigenvalue weighted by Gasteiger charge is 2.43. The van der Waals surface area contributed by atoms with Gasteiger partial charge in [0.05, 0.1) is 6.61 Å². The molecular weight excluding hydrogens is 226 g/mol. The molecule has 0 N–H and O–H groups in total. The summed E-state index contributed by atoms with van der Waals surface area (Å²) < 4.78 is 32.1. The molecule has 0 atom stereocenters. The van der Waals surface area contributed by atoms with E-state index in [1.165, 1.54) is 19.1 Å². The zero-order chi connectivity index (χ0) is 12.9. The SMILES string of the molecule is CCCc1ccccc1C(F)(F)C(=O)OCC. The predicted octanol–water partition coefficient (Wildman–Crippen LogP) is 3.29. The maximum Gasteiger partial charge on any atom is 0.381 e. The normalized spacial score (nSPS) is 11.3. The van der Waals surface area contributed by atoms with Crippen molar-refractivity contribution >= 4 is 5.97 Å². The summed E-state index contributed by atoms with van der Waals surface area (Å²) in [6.45, 7) is 3.36. The Morgan fingerprint density at radius 1 is 1.29 bits per heavy atom. The van der Waals surface area contributed by atoms with Crippen molar-refractivity contribution in [2.75, 3.05) is 6.61 Å². The lowest BCUT2D eigenvalue weighted by atomic mass is 9.98. The van der Waals surface area contributed by atoms with E-state index in [1.54, 1.807) is 12.1 Å². The Kier molecular flexibility index (Phi) is 4.61. The van der Waals surface area contributed by atoms with Crippen LogP contribution in [0.25, 0.3) is 0 Å². The molecule has 0 heterocycles. The Morgan fingerprint density at radius 3 is 2.53 bits per heavy atom. The minimum Gasteiger partial charge on any atom is -0.461 e. The van der Waals surface area contributed by atoms with Gasteiger partial charge in [0.15, 0.2) is 0 Å². The Morgan fingerprint density at radius 2 is 1.94 bits per heavy atom. The van der Waals surface area contributed by atoms with Gasteiger partial charge in [-0.15, -0.1) is 0 Å². The van der Waals surface area contributed by atoms with Gasteiger partial charge in [-0.25, -0.2) is 4.79 Å². The van der Waals surface area contributed by atoms with Crippen molar-refractivity contribution in [1.29, 1.82) is 0 Å². The van der Waals surface area contributed by atoms with Gasteiger partial charge in [0.2, 0.25) is 0 Å². The van der Waals surface area contributed by atoms with Crippen LogP contribution >= 0.6 is 0 Å². The molecule has 0 amide bonds. The minimum absolute atomic E-state index is 0.0512. The summed E-state index contributed by atoms with van der Waals surface area (Å²) in [6.07, 6.45) is 1.26. The van der Waals surface area contributed by atoms with E-state index in [9.17, 15) is 13.6 Å². The van der Waals surface area contributed by atoms with Gasteiger partial charge in [0, 0.05) is 5.56 Å². The van der Waals surface area contributed by atoms with E-state index < -0.39 is 11.9 Å². The number of benzene rings is 1. The number of esters is 1. The van der Waals surface area contributed by atoms with Crippen molar-refractivity contribution in [2.45, 2.75) is 32.6 Å². The molecule has 4 heteroatoms. The maximum absolute atomic E-state index is 13.8. The molecule has 1 aromatic rings. The largest absolute Gasteiger partial charge is 0.461 e. The van der Waals surface area contributed by atoms with Crippen LogP contribution in [0.15, 0.2) is 24.3 Å². The van der Waals surface area contributed by atoms with Crippen LogP contribution in [-0.2, 0) is 21.9 Å². The number of aryl methyl sites for hydroxylation is 1. The topological polar surface area (TPSA) is 26.3 Å². The molecule has 17 heavy (non-hydrogen) atoms. The first-order valence-electron chi connectivity index (χ1n) is 5.67. The third kappa shape index (κ3) is 3.02. The minimum atomic E-state index is -3.57. The molecule has 0 unspecified atom stereocenters. The zero-order valence-electron chi connectivity index (χ0n) is 10.0. The van der Waals surface area contributed by atoms with E-state index in [0.29, 0.717) is 12.0 Å². The van der Waals surface area contributed by atoms with Crippen molar-refractivity contribution in [3.8, 4) is 0 Å². The summed E-state index contributed by atoms with van der Waals surface area (Å²) >= 11 is 0. The first-order valence-corrected chi connectivity index (χ1v) is 5.67. The molecule has 0 aliphatic heterocycles. The van der Waals surface area contributed by atoms with Crippen LogP contribution in [0, 0.1) is 0 Å². The van der Waals surface area contributed by atoms with Crippen LogP contribution in [0.3, 0.4) is 0 Å². The Hall–Kier alpha value is -1.45. The fourth-order valence-corrected chi connectivity index (χ4v) is 1.65. The molecule has 0 saturated heterocycles. The maximum atomic E-state index is 13.8. The quantitative estimate of drug-likeness (QED) is 0.740. The third-order valence-electron chi connectivity index (χ3n) is 2.41. The number of carbonyl (C=O) groups excluding carboxylic acids is 1. The van der Waals surface area contributed by atoms with Crippen molar-refractivity contribution in [3.63, 3.8) is 0 Å². The number of rotatable bonds is 5. The van der Waals surface area contributed by atoms with E-state index in [2.05, 4.69) is 4.74 Å². The second-order valence-electron chi connectivity index (χ2n) is 3.70. The van der Waals surface area contributed by atoms with Gasteiger partial charge in [-0.05, 0) is 18.9 Å². The monoisotopic (exact) mass is 242 g/mol. The van der Waals surface area contributed by atoms with E-state index in [1.807, 2.05) is 6.92 Å². The second kappa shape index (κ2) is 5.75. The van der Waals surface area contributed by atoms with Gasteiger partial charge in [0.1, 0.15) is 0 Å². The molecule has 0 radical (unpaired) electrons. The van der Waals surface area contributed by atoms with Crippen molar-refractivity contribution in [2.24, 2.45) is 0 Å². The smallest absolute Gasteiger partial charge is 0.381 e. The summed E-state index contributed by atoms with van der Waals surface area (Å²) in [4.78, 5) is 11.2. The first-order chi connectivity index (χ1) is 8.04. The van der Waals surface area contributed by atoms with Crippen LogP contribution in [0.5, 0.6) is 0 Å². The highest BCUT2D eigenvalue weighted by molar-refractivity contribution is 5.79. The van der Waals surface area contributed by atoms with Gasteiger partial charge in [-0.3, -0.25) is 0 Å². The van der Waals surface area contributed by atoms with E-state index in [0.717, 1.165) is 6.42 Å². The van der Waals surface area contributed by atoms with Crippen LogP contribution in [0.2, 0.25) is 0 Å². The van der Waals surface area contributed by atoms with Crippen LogP contribution < -0.4 is 0 Å². The number of ether oxygens (including phenoxy) is 1. The summed E-state index contributed by atoms with van der Waals surface area (Å²) in [5.74, 6) is -5.05. The van der Waals surface area contributed by atoms with Crippen molar-refractivity contribution in [1.82, 2.24) is 0 Å². The number of alkyl halides is 2. The average molecular weight is 242 g/mol. The number of carbonyl (C=O) groups is 1. The highest BCUT2D eigenvalue weighted by atomic mass is 19.3. The molecule has 0 aliphatic rings. The van der Waals surface area contributed by atoms with Gasteiger partial charge in [-0.1, -0.05) is 37.6 Å². The van der Waals surface area contributed by atoms with Crippen LogP contribution in [0.4, 0.5) is 8.78 Å². The molecule has 0 bridgehead atoms. The standard InChI is InChI=1S/C13H16F2O2/c1-3-7-10-8-5-6-9-11(10)13(14,15)12(16)17-4-2/h5-6,8-9H,3-4,7H2,1-2H3. The molecule has 1 aromatic carbocycles. The molecule has 94 valence electrons.